The molecule has 0 saturated carbocycles. The molecular weight excluding hydrogens is 424 g/mol. The molecule has 6 heteroatoms. The second-order valence-electron chi connectivity index (χ2n) is 8.19. The number of benzene rings is 3. The van der Waals surface area contributed by atoms with Gasteiger partial charge in [-0.2, -0.15) is 0 Å². The molecule has 5 nitrogen and oxygen atoms in total. The average Bonchev–Trinajstić information content (AvgIpc) is 2.80. The van der Waals surface area contributed by atoms with Crippen LogP contribution < -0.4 is 10.1 Å². The SMILES string of the molecule is CC(C)CNC(=O)[C@@H](C)N(Cc1ccccc1Cl)C(=O)COc1cccc2ccccc12. The van der Waals surface area contributed by atoms with Crippen LogP contribution in [-0.4, -0.2) is 35.9 Å². The summed E-state index contributed by atoms with van der Waals surface area (Å²) >= 11 is 6.33. The third-order valence-electron chi connectivity index (χ3n) is 5.25. The molecule has 168 valence electrons. The van der Waals surface area contributed by atoms with Gasteiger partial charge in [-0.15, -0.1) is 0 Å². The van der Waals surface area contributed by atoms with Crippen LogP contribution in [0.4, 0.5) is 0 Å². The van der Waals surface area contributed by atoms with Gasteiger partial charge >= 0.3 is 0 Å². The number of hydrogen-bond donors (Lipinski definition) is 1. The lowest BCUT2D eigenvalue weighted by Gasteiger charge is -2.29. The van der Waals surface area contributed by atoms with Crippen LogP contribution in [0.15, 0.2) is 66.7 Å². The summed E-state index contributed by atoms with van der Waals surface area (Å²) in [6.45, 7) is 6.35. The van der Waals surface area contributed by atoms with Crippen molar-refractivity contribution in [3.05, 3.63) is 77.3 Å². The van der Waals surface area contributed by atoms with Crippen molar-refractivity contribution in [2.75, 3.05) is 13.2 Å². The van der Waals surface area contributed by atoms with Crippen molar-refractivity contribution in [2.45, 2.75) is 33.4 Å². The number of halogens is 1. The summed E-state index contributed by atoms with van der Waals surface area (Å²) in [5, 5.41) is 5.43. The molecular formula is C26H29ClN2O3. The third kappa shape index (κ3) is 6.01. The van der Waals surface area contributed by atoms with Crippen LogP contribution in [0.3, 0.4) is 0 Å². The predicted molar refractivity (Wildman–Crippen MR) is 129 cm³/mol. The van der Waals surface area contributed by atoms with E-state index in [2.05, 4.69) is 5.32 Å². The first-order valence-corrected chi connectivity index (χ1v) is 11.2. The van der Waals surface area contributed by atoms with Gasteiger partial charge in [0.05, 0.1) is 0 Å². The number of carbonyl (C=O) groups excluding carboxylic acids is 2. The van der Waals surface area contributed by atoms with E-state index in [0.717, 1.165) is 16.3 Å². The molecule has 3 aromatic rings. The molecule has 3 rings (SSSR count). The maximum Gasteiger partial charge on any atom is 0.261 e. The number of fused-ring (bicyclic) bond motifs is 1. The van der Waals surface area contributed by atoms with Crippen LogP contribution in [0.1, 0.15) is 26.3 Å². The monoisotopic (exact) mass is 452 g/mol. The maximum absolute atomic E-state index is 13.2. The molecule has 0 aliphatic heterocycles. The number of nitrogens with zero attached hydrogens (tertiary/aromatic N) is 1. The Morgan fingerprint density at radius 2 is 1.66 bits per heavy atom. The molecule has 0 radical (unpaired) electrons. The van der Waals surface area contributed by atoms with Crippen molar-refractivity contribution in [2.24, 2.45) is 5.92 Å². The third-order valence-corrected chi connectivity index (χ3v) is 5.62. The molecule has 2 amide bonds. The minimum atomic E-state index is -0.673. The Balaban J connectivity index is 1.78. The Bertz CT molecular complexity index is 1080. The van der Waals surface area contributed by atoms with E-state index in [9.17, 15) is 9.59 Å². The van der Waals surface area contributed by atoms with Crippen LogP contribution in [0.5, 0.6) is 5.75 Å². The summed E-state index contributed by atoms with van der Waals surface area (Å²) in [4.78, 5) is 27.5. The van der Waals surface area contributed by atoms with E-state index in [1.54, 1.807) is 13.0 Å². The molecule has 0 fully saturated rings. The van der Waals surface area contributed by atoms with Crippen LogP contribution in [0.25, 0.3) is 10.8 Å². The molecule has 3 aromatic carbocycles. The fraction of sp³-hybridized carbons (Fsp3) is 0.308. The normalized spacial score (nSPS) is 11.9. The first-order chi connectivity index (χ1) is 15.4. The number of ether oxygens (including phenoxy) is 1. The average molecular weight is 453 g/mol. The van der Waals surface area contributed by atoms with Crippen molar-refractivity contribution >= 4 is 34.2 Å². The van der Waals surface area contributed by atoms with Crippen molar-refractivity contribution in [1.29, 1.82) is 0 Å². The number of rotatable bonds is 9. The number of hydrogen-bond acceptors (Lipinski definition) is 3. The highest BCUT2D eigenvalue weighted by atomic mass is 35.5. The highest BCUT2D eigenvalue weighted by Crippen LogP contribution is 2.25. The summed E-state index contributed by atoms with van der Waals surface area (Å²) in [5.74, 6) is 0.453. The maximum atomic E-state index is 13.2. The fourth-order valence-electron chi connectivity index (χ4n) is 3.39. The van der Waals surface area contributed by atoms with Crippen LogP contribution >= 0.6 is 11.6 Å². The molecule has 0 aromatic heterocycles. The van der Waals surface area contributed by atoms with Gasteiger partial charge in [-0.1, -0.05) is 80.0 Å². The number of carbonyl (C=O) groups is 2. The lowest BCUT2D eigenvalue weighted by atomic mass is 10.1. The van der Waals surface area contributed by atoms with Crippen molar-refractivity contribution in [1.82, 2.24) is 10.2 Å². The second kappa shape index (κ2) is 11.0. The van der Waals surface area contributed by atoms with Gasteiger partial charge < -0.3 is 15.0 Å². The summed E-state index contributed by atoms with van der Waals surface area (Å²) in [5.41, 5.74) is 0.774. The van der Waals surface area contributed by atoms with E-state index < -0.39 is 6.04 Å². The highest BCUT2D eigenvalue weighted by molar-refractivity contribution is 6.31. The molecule has 0 spiro atoms. The van der Waals surface area contributed by atoms with E-state index in [1.165, 1.54) is 4.90 Å². The smallest absolute Gasteiger partial charge is 0.261 e. The minimum Gasteiger partial charge on any atom is -0.483 e. The quantitative estimate of drug-likeness (QED) is 0.493. The van der Waals surface area contributed by atoms with E-state index >= 15 is 0 Å². The van der Waals surface area contributed by atoms with Crippen LogP contribution in [0, 0.1) is 5.92 Å². The molecule has 1 N–H and O–H groups in total. The molecule has 0 aliphatic rings. The Labute approximate surface area is 194 Å². The Morgan fingerprint density at radius 3 is 2.41 bits per heavy atom. The lowest BCUT2D eigenvalue weighted by Crippen LogP contribution is -2.49. The van der Waals surface area contributed by atoms with Crippen LogP contribution in [-0.2, 0) is 16.1 Å². The molecule has 32 heavy (non-hydrogen) atoms. The van der Waals surface area contributed by atoms with Gasteiger partial charge in [-0.25, -0.2) is 0 Å². The van der Waals surface area contributed by atoms with E-state index in [0.29, 0.717) is 23.2 Å². The molecule has 0 aliphatic carbocycles. The van der Waals surface area contributed by atoms with Gasteiger partial charge in [0, 0.05) is 23.5 Å². The molecule has 0 saturated heterocycles. The highest BCUT2D eigenvalue weighted by Gasteiger charge is 2.27. The Morgan fingerprint density at radius 1 is 0.969 bits per heavy atom. The van der Waals surface area contributed by atoms with Gasteiger partial charge in [0.25, 0.3) is 5.91 Å². The lowest BCUT2D eigenvalue weighted by molar-refractivity contribution is -0.142. The van der Waals surface area contributed by atoms with Gasteiger partial charge in [0.15, 0.2) is 6.61 Å². The topological polar surface area (TPSA) is 58.6 Å². The van der Waals surface area contributed by atoms with E-state index in [4.69, 9.17) is 16.3 Å². The minimum absolute atomic E-state index is 0.180. The first kappa shape index (κ1) is 23.6. The van der Waals surface area contributed by atoms with Crippen molar-refractivity contribution in [3.63, 3.8) is 0 Å². The van der Waals surface area contributed by atoms with Crippen molar-refractivity contribution in [3.8, 4) is 5.75 Å². The summed E-state index contributed by atoms with van der Waals surface area (Å²) in [7, 11) is 0. The zero-order valence-corrected chi connectivity index (χ0v) is 19.4. The molecule has 1 atom stereocenters. The Hall–Kier alpha value is -3.05. The van der Waals surface area contributed by atoms with Gasteiger partial charge in [0.2, 0.25) is 5.91 Å². The second-order valence-corrected chi connectivity index (χ2v) is 8.60. The summed E-state index contributed by atoms with van der Waals surface area (Å²) in [6, 6.07) is 20.2. The molecule has 0 heterocycles. The molecule has 0 unspecified atom stereocenters. The largest absolute Gasteiger partial charge is 0.483 e. The zero-order chi connectivity index (χ0) is 23.1. The van der Waals surface area contributed by atoms with Crippen LogP contribution in [0.2, 0.25) is 5.02 Å². The van der Waals surface area contributed by atoms with Gasteiger partial charge in [-0.05, 0) is 35.9 Å². The first-order valence-electron chi connectivity index (χ1n) is 10.8. The zero-order valence-electron chi connectivity index (χ0n) is 18.7. The van der Waals surface area contributed by atoms with Gasteiger partial charge in [0.1, 0.15) is 11.8 Å². The molecule has 0 bridgehead atoms. The Kier molecular flexibility index (Phi) is 8.12. The van der Waals surface area contributed by atoms with E-state index in [-0.39, 0.29) is 25.0 Å². The fourth-order valence-corrected chi connectivity index (χ4v) is 3.58. The van der Waals surface area contributed by atoms with E-state index in [1.807, 2.05) is 74.5 Å². The predicted octanol–water partition coefficient (Wildman–Crippen LogP) is 5.06. The number of nitrogens with one attached hydrogen (secondary N) is 1. The standard InChI is InChI=1S/C26H29ClN2O3/c1-18(2)15-28-26(31)19(3)29(16-21-10-5-7-13-23(21)27)25(30)17-32-24-14-8-11-20-9-4-6-12-22(20)24/h4-14,18-19H,15-17H2,1-3H3,(H,28,31)/t19-/m1/s1. The van der Waals surface area contributed by atoms with Crippen molar-refractivity contribution < 1.29 is 14.3 Å². The summed E-state index contributed by atoms with van der Waals surface area (Å²) < 4.78 is 5.90. The van der Waals surface area contributed by atoms with Gasteiger partial charge in [-0.3, -0.25) is 9.59 Å². The number of amides is 2. The summed E-state index contributed by atoms with van der Waals surface area (Å²) in [6.07, 6.45) is 0.